The Labute approximate surface area is 169 Å². The first-order valence-corrected chi connectivity index (χ1v) is 11.2. The highest BCUT2D eigenvalue weighted by atomic mass is 16.3. The molecule has 3 fully saturated rings. The fraction of sp³-hybridized carbons (Fsp3) is 0.739. The Morgan fingerprint density at radius 3 is 2.29 bits per heavy atom. The van der Waals surface area contributed by atoms with Gasteiger partial charge in [-0.1, -0.05) is 18.2 Å². The van der Waals surface area contributed by atoms with Crippen molar-refractivity contribution in [1.82, 2.24) is 9.80 Å². The highest BCUT2D eigenvalue weighted by Crippen LogP contribution is 2.31. The summed E-state index contributed by atoms with van der Waals surface area (Å²) in [7, 11) is 0. The van der Waals surface area contributed by atoms with Crippen molar-refractivity contribution in [1.29, 1.82) is 0 Å². The minimum absolute atomic E-state index is 0.108. The third-order valence-corrected chi connectivity index (χ3v) is 7.33. The third-order valence-electron chi connectivity index (χ3n) is 7.33. The summed E-state index contributed by atoms with van der Waals surface area (Å²) in [6.45, 7) is 10.0. The summed E-state index contributed by atoms with van der Waals surface area (Å²) in [6.07, 6.45) is 4.13. The van der Waals surface area contributed by atoms with Gasteiger partial charge >= 0.3 is 0 Å². The van der Waals surface area contributed by atoms with E-state index in [4.69, 9.17) is 0 Å². The van der Waals surface area contributed by atoms with Crippen molar-refractivity contribution in [3.05, 3.63) is 29.8 Å². The quantitative estimate of drug-likeness (QED) is 0.809. The van der Waals surface area contributed by atoms with Crippen molar-refractivity contribution >= 4 is 5.69 Å². The Balaban J connectivity index is 1.30. The van der Waals surface area contributed by atoms with Crippen molar-refractivity contribution in [3.63, 3.8) is 0 Å². The molecular formula is C23H37N3O2. The molecular weight excluding hydrogens is 350 g/mol. The van der Waals surface area contributed by atoms with Gasteiger partial charge in [-0.2, -0.15) is 0 Å². The van der Waals surface area contributed by atoms with E-state index in [1.165, 1.54) is 24.1 Å². The summed E-state index contributed by atoms with van der Waals surface area (Å²) in [4.78, 5) is 7.71. The number of likely N-dealkylation sites (tertiary alicyclic amines) is 2. The summed E-state index contributed by atoms with van der Waals surface area (Å²) >= 11 is 0. The van der Waals surface area contributed by atoms with Gasteiger partial charge in [-0.05, 0) is 56.1 Å². The van der Waals surface area contributed by atoms with Crippen LogP contribution in [0.3, 0.4) is 0 Å². The Kier molecular flexibility index (Phi) is 6.56. The number of anilines is 1. The maximum Gasteiger partial charge on any atom is 0.0564 e. The van der Waals surface area contributed by atoms with E-state index >= 15 is 0 Å². The number of aliphatic hydroxyl groups is 2. The number of benzene rings is 1. The Morgan fingerprint density at radius 2 is 1.61 bits per heavy atom. The highest BCUT2D eigenvalue weighted by Gasteiger charge is 2.38. The van der Waals surface area contributed by atoms with Gasteiger partial charge in [0, 0.05) is 64.1 Å². The van der Waals surface area contributed by atoms with Crippen molar-refractivity contribution in [2.75, 3.05) is 57.3 Å². The summed E-state index contributed by atoms with van der Waals surface area (Å²) in [5.74, 6) is 0.968. The molecule has 0 unspecified atom stereocenters. The summed E-state index contributed by atoms with van der Waals surface area (Å²) in [6, 6.07) is 9.37. The molecule has 156 valence electrons. The van der Waals surface area contributed by atoms with Gasteiger partial charge in [-0.15, -0.1) is 0 Å². The lowest BCUT2D eigenvalue weighted by Gasteiger charge is -2.38. The van der Waals surface area contributed by atoms with Crippen molar-refractivity contribution in [2.45, 2.75) is 44.8 Å². The van der Waals surface area contributed by atoms with Crippen LogP contribution in [0, 0.1) is 18.8 Å². The van der Waals surface area contributed by atoms with E-state index < -0.39 is 0 Å². The largest absolute Gasteiger partial charge is 0.396 e. The van der Waals surface area contributed by atoms with Crippen molar-refractivity contribution < 1.29 is 10.2 Å². The molecule has 5 heteroatoms. The lowest BCUT2D eigenvalue weighted by Crippen LogP contribution is -2.45. The maximum absolute atomic E-state index is 9.95. The molecule has 0 aromatic heterocycles. The van der Waals surface area contributed by atoms with E-state index in [-0.39, 0.29) is 6.10 Å². The molecule has 5 nitrogen and oxygen atoms in total. The van der Waals surface area contributed by atoms with Crippen LogP contribution < -0.4 is 4.90 Å². The number of hydrogen-bond acceptors (Lipinski definition) is 5. The minimum atomic E-state index is -0.108. The predicted octanol–water partition coefficient (Wildman–Crippen LogP) is 1.96. The summed E-state index contributed by atoms with van der Waals surface area (Å²) in [5.41, 5.74) is 2.76. The van der Waals surface area contributed by atoms with Gasteiger partial charge in [0.1, 0.15) is 0 Å². The molecule has 3 aliphatic heterocycles. The Bertz CT molecular complexity index is 624. The van der Waals surface area contributed by atoms with E-state index in [9.17, 15) is 10.2 Å². The first-order chi connectivity index (χ1) is 13.6. The van der Waals surface area contributed by atoms with Gasteiger partial charge in [0.2, 0.25) is 0 Å². The monoisotopic (exact) mass is 387 g/mol. The van der Waals surface area contributed by atoms with Crippen LogP contribution in [-0.2, 0) is 0 Å². The average molecular weight is 388 g/mol. The molecule has 0 radical (unpaired) electrons. The van der Waals surface area contributed by atoms with Crippen LogP contribution >= 0.6 is 0 Å². The first-order valence-electron chi connectivity index (χ1n) is 11.2. The van der Waals surface area contributed by atoms with Crippen LogP contribution in [0.4, 0.5) is 5.69 Å². The number of aliphatic hydroxyl groups excluding tert-OH is 2. The second-order valence-electron chi connectivity index (χ2n) is 9.19. The zero-order valence-corrected chi connectivity index (χ0v) is 17.3. The topological polar surface area (TPSA) is 50.2 Å². The van der Waals surface area contributed by atoms with Crippen LogP contribution in [0.2, 0.25) is 0 Å². The van der Waals surface area contributed by atoms with Crippen LogP contribution in [0.1, 0.15) is 31.2 Å². The third kappa shape index (κ3) is 4.54. The molecule has 0 spiro atoms. The number of piperidine rings is 2. The van der Waals surface area contributed by atoms with Crippen molar-refractivity contribution in [3.8, 4) is 0 Å². The SMILES string of the molecule is Cc1ccccc1N1CCC(N2C[C@@H](CN3CCC(O)CC3)[C@@H](CO)C2)CC1. The van der Waals surface area contributed by atoms with E-state index in [0.717, 1.165) is 58.7 Å². The molecule has 4 rings (SSSR count). The van der Waals surface area contributed by atoms with Gasteiger partial charge < -0.3 is 20.0 Å². The van der Waals surface area contributed by atoms with Gasteiger partial charge in [-0.3, -0.25) is 4.90 Å². The standard InChI is InChI=1S/C23H37N3O2/c1-18-4-2-3-5-23(18)25-12-6-21(7-13-25)26-15-19(20(16-26)17-27)14-24-10-8-22(28)9-11-24/h2-5,19-22,27-28H,6-17H2,1H3/t19-,20-/m1/s1. The second-order valence-corrected chi connectivity index (χ2v) is 9.19. The molecule has 2 atom stereocenters. The van der Waals surface area contributed by atoms with Gasteiger partial charge in [0.05, 0.1) is 6.10 Å². The van der Waals surface area contributed by atoms with Crippen molar-refractivity contribution in [2.24, 2.45) is 11.8 Å². The summed E-state index contributed by atoms with van der Waals surface area (Å²) in [5, 5.41) is 19.7. The fourth-order valence-corrected chi connectivity index (χ4v) is 5.51. The highest BCUT2D eigenvalue weighted by molar-refractivity contribution is 5.53. The lowest BCUT2D eigenvalue weighted by molar-refractivity contribution is 0.0682. The zero-order chi connectivity index (χ0) is 19.5. The summed E-state index contributed by atoms with van der Waals surface area (Å²) < 4.78 is 0. The number of nitrogens with zero attached hydrogens (tertiary/aromatic N) is 3. The molecule has 0 amide bonds. The number of hydrogen-bond donors (Lipinski definition) is 2. The van der Waals surface area contributed by atoms with Crippen LogP contribution in [-0.4, -0.2) is 84.6 Å². The number of para-hydroxylation sites is 1. The van der Waals surface area contributed by atoms with E-state index in [1.807, 2.05) is 0 Å². The molecule has 3 heterocycles. The minimum Gasteiger partial charge on any atom is -0.396 e. The Morgan fingerprint density at radius 1 is 0.929 bits per heavy atom. The van der Waals surface area contributed by atoms with E-state index in [1.54, 1.807) is 0 Å². The molecule has 3 aliphatic rings. The van der Waals surface area contributed by atoms with Crippen LogP contribution in [0.5, 0.6) is 0 Å². The zero-order valence-electron chi connectivity index (χ0n) is 17.3. The first kappa shape index (κ1) is 20.1. The van der Waals surface area contributed by atoms with Gasteiger partial charge in [0.25, 0.3) is 0 Å². The molecule has 1 aromatic rings. The molecule has 3 saturated heterocycles. The predicted molar refractivity (Wildman–Crippen MR) is 114 cm³/mol. The smallest absolute Gasteiger partial charge is 0.0564 e. The molecule has 28 heavy (non-hydrogen) atoms. The molecule has 0 aliphatic carbocycles. The van der Waals surface area contributed by atoms with Gasteiger partial charge in [-0.25, -0.2) is 0 Å². The number of aryl methyl sites for hydroxylation is 1. The number of rotatable bonds is 5. The molecule has 0 saturated carbocycles. The van der Waals surface area contributed by atoms with E-state index in [2.05, 4.69) is 45.9 Å². The average Bonchev–Trinajstić information content (AvgIpc) is 3.13. The lowest BCUT2D eigenvalue weighted by atomic mass is 9.95. The molecule has 2 N–H and O–H groups in total. The van der Waals surface area contributed by atoms with Crippen LogP contribution in [0.15, 0.2) is 24.3 Å². The van der Waals surface area contributed by atoms with Crippen LogP contribution in [0.25, 0.3) is 0 Å². The fourth-order valence-electron chi connectivity index (χ4n) is 5.51. The Hall–Kier alpha value is -1.14. The maximum atomic E-state index is 9.95. The molecule has 0 bridgehead atoms. The van der Waals surface area contributed by atoms with Gasteiger partial charge in [0.15, 0.2) is 0 Å². The second kappa shape index (κ2) is 9.12. The van der Waals surface area contributed by atoms with E-state index in [0.29, 0.717) is 24.5 Å². The molecule has 1 aromatic carbocycles. The normalized spacial score (nSPS) is 28.9.